The molecule has 53 valence electrons. The Balaban J connectivity index is 2.75. The fourth-order valence-corrected chi connectivity index (χ4v) is 0.972. The number of nitrogens with one attached hydrogen (secondary N) is 1. The molecule has 1 rings (SSSR count). The van der Waals surface area contributed by atoms with Crippen molar-refractivity contribution < 1.29 is 0 Å². The smallest absolute Gasteiger partial charge is 0.0409 e. The van der Waals surface area contributed by atoms with Gasteiger partial charge in [-0.2, -0.15) is 0 Å². The normalized spacial score (nSPS) is 9.80. The van der Waals surface area contributed by atoms with Gasteiger partial charge in [-0.15, -0.1) is 0 Å². The first-order valence-corrected chi connectivity index (χ1v) is 3.51. The highest BCUT2D eigenvalue weighted by molar-refractivity contribution is 6.30. The van der Waals surface area contributed by atoms with Gasteiger partial charge in [-0.3, -0.25) is 0 Å². The molecular weight excluding hydrogens is 146 g/mol. The molecule has 1 N–H and O–H groups in total. The molecule has 2 heteroatoms. The average Bonchev–Trinajstić information content (AvgIpc) is 1.88. The monoisotopic (exact) mass is 154 g/mol. The molecule has 1 aromatic carbocycles. The summed E-state index contributed by atoms with van der Waals surface area (Å²) in [5, 5.41) is 3.79. The van der Waals surface area contributed by atoms with E-state index in [2.05, 4.69) is 11.4 Å². The van der Waals surface area contributed by atoms with E-state index >= 15 is 0 Å². The van der Waals surface area contributed by atoms with Crippen LogP contribution in [-0.4, -0.2) is 7.05 Å². The molecule has 1 nitrogen and oxygen atoms in total. The van der Waals surface area contributed by atoms with Crippen LogP contribution in [-0.2, 0) is 6.54 Å². The van der Waals surface area contributed by atoms with Gasteiger partial charge in [-0.05, 0) is 30.8 Å². The Bertz CT molecular complexity index is 210. The topological polar surface area (TPSA) is 12.0 Å². The molecule has 1 radical (unpaired) electrons. The SMILES string of the molecule is CNCc1[c]ccc(Cl)c1. The van der Waals surface area contributed by atoms with Crippen LogP contribution in [0.15, 0.2) is 18.2 Å². The van der Waals surface area contributed by atoms with Gasteiger partial charge in [-0.25, -0.2) is 0 Å². The number of rotatable bonds is 2. The van der Waals surface area contributed by atoms with Crippen LogP contribution in [0.4, 0.5) is 0 Å². The number of halogens is 1. The molecule has 0 unspecified atom stereocenters. The lowest BCUT2D eigenvalue weighted by molar-refractivity contribution is 0.817. The van der Waals surface area contributed by atoms with E-state index in [0.717, 1.165) is 17.1 Å². The third-order valence-corrected chi connectivity index (χ3v) is 1.43. The number of hydrogen-bond acceptors (Lipinski definition) is 1. The summed E-state index contributed by atoms with van der Waals surface area (Å²) in [6, 6.07) is 8.61. The highest BCUT2D eigenvalue weighted by atomic mass is 35.5. The van der Waals surface area contributed by atoms with Crippen molar-refractivity contribution in [2.75, 3.05) is 7.05 Å². The summed E-state index contributed by atoms with van der Waals surface area (Å²) in [6.45, 7) is 0.820. The van der Waals surface area contributed by atoms with Gasteiger partial charge in [0.25, 0.3) is 0 Å². The zero-order valence-corrected chi connectivity index (χ0v) is 6.57. The maximum Gasteiger partial charge on any atom is 0.0409 e. The molecule has 0 saturated heterocycles. The first kappa shape index (κ1) is 7.58. The van der Waals surface area contributed by atoms with Gasteiger partial charge in [0, 0.05) is 11.6 Å². The second kappa shape index (κ2) is 3.59. The van der Waals surface area contributed by atoms with Crippen LogP contribution in [0.2, 0.25) is 5.02 Å². The summed E-state index contributed by atoms with van der Waals surface area (Å²) in [5.74, 6) is 0. The van der Waals surface area contributed by atoms with E-state index < -0.39 is 0 Å². The van der Waals surface area contributed by atoms with Crippen molar-refractivity contribution in [3.63, 3.8) is 0 Å². The Morgan fingerprint density at radius 3 is 3.10 bits per heavy atom. The predicted octanol–water partition coefficient (Wildman–Crippen LogP) is 1.86. The first-order valence-electron chi connectivity index (χ1n) is 3.13. The van der Waals surface area contributed by atoms with Crippen LogP contribution in [0.3, 0.4) is 0 Å². The van der Waals surface area contributed by atoms with Crippen molar-refractivity contribution >= 4 is 11.6 Å². The zero-order valence-electron chi connectivity index (χ0n) is 5.82. The van der Waals surface area contributed by atoms with Crippen LogP contribution in [0.5, 0.6) is 0 Å². The molecule has 0 bridgehead atoms. The van der Waals surface area contributed by atoms with Crippen LogP contribution in [0.1, 0.15) is 5.56 Å². The summed E-state index contributed by atoms with van der Waals surface area (Å²) >= 11 is 5.73. The molecule has 0 heterocycles. The van der Waals surface area contributed by atoms with E-state index in [1.165, 1.54) is 0 Å². The molecule has 1 aromatic rings. The Morgan fingerprint density at radius 1 is 1.70 bits per heavy atom. The number of benzene rings is 1. The van der Waals surface area contributed by atoms with E-state index in [0.29, 0.717) is 0 Å². The van der Waals surface area contributed by atoms with Gasteiger partial charge in [0.05, 0.1) is 0 Å². The molecule has 0 aliphatic heterocycles. The van der Waals surface area contributed by atoms with Gasteiger partial charge in [0.2, 0.25) is 0 Å². The zero-order chi connectivity index (χ0) is 7.40. The minimum Gasteiger partial charge on any atom is -0.316 e. The molecule has 0 atom stereocenters. The minimum atomic E-state index is 0.768. The molecule has 0 fully saturated rings. The van der Waals surface area contributed by atoms with Crippen LogP contribution in [0.25, 0.3) is 0 Å². The molecule has 0 saturated carbocycles. The van der Waals surface area contributed by atoms with Crippen LogP contribution >= 0.6 is 11.6 Å². The van der Waals surface area contributed by atoms with Crippen LogP contribution < -0.4 is 5.32 Å². The summed E-state index contributed by atoms with van der Waals surface area (Å²) in [6.07, 6.45) is 0. The second-order valence-electron chi connectivity index (χ2n) is 2.06. The van der Waals surface area contributed by atoms with Gasteiger partial charge < -0.3 is 5.32 Å². The van der Waals surface area contributed by atoms with Crippen molar-refractivity contribution in [2.45, 2.75) is 6.54 Å². The highest BCUT2D eigenvalue weighted by Crippen LogP contribution is 2.09. The maximum absolute atomic E-state index is 5.73. The fourth-order valence-electron chi connectivity index (χ4n) is 0.777. The Labute approximate surface area is 66.0 Å². The third-order valence-electron chi connectivity index (χ3n) is 1.19. The van der Waals surface area contributed by atoms with E-state index in [4.69, 9.17) is 11.6 Å². The van der Waals surface area contributed by atoms with Crippen LogP contribution in [0, 0.1) is 6.07 Å². The lowest BCUT2D eigenvalue weighted by Crippen LogP contribution is -2.04. The molecular formula is C8H9ClN. The average molecular weight is 155 g/mol. The van der Waals surface area contributed by atoms with Crippen molar-refractivity contribution in [1.29, 1.82) is 0 Å². The van der Waals surface area contributed by atoms with Crippen molar-refractivity contribution in [3.05, 3.63) is 34.9 Å². The first-order chi connectivity index (χ1) is 4.83. The molecule has 10 heavy (non-hydrogen) atoms. The maximum atomic E-state index is 5.73. The highest BCUT2D eigenvalue weighted by Gasteiger charge is 1.90. The van der Waals surface area contributed by atoms with Crippen molar-refractivity contribution in [2.24, 2.45) is 0 Å². The molecule has 0 aromatic heterocycles. The summed E-state index contributed by atoms with van der Waals surface area (Å²) in [7, 11) is 1.90. The van der Waals surface area contributed by atoms with E-state index in [1.807, 2.05) is 25.2 Å². The summed E-state index contributed by atoms with van der Waals surface area (Å²) in [4.78, 5) is 0. The van der Waals surface area contributed by atoms with Gasteiger partial charge in [-0.1, -0.05) is 17.7 Å². The third kappa shape index (κ3) is 2.01. The molecule has 0 aliphatic carbocycles. The minimum absolute atomic E-state index is 0.768. The predicted molar refractivity (Wildman–Crippen MR) is 43.1 cm³/mol. The lowest BCUT2D eigenvalue weighted by atomic mass is 10.2. The van der Waals surface area contributed by atoms with Crippen molar-refractivity contribution in [3.8, 4) is 0 Å². The lowest BCUT2D eigenvalue weighted by Gasteiger charge is -1.97. The second-order valence-corrected chi connectivity index (χ2v) is 2.50. The Kier molecular flexibility index (Phi) is 2.72. The largest absolute Gasteiger partial charge is 0.316 e. The Morgan fingerprint density at radius 2 is 2.50 bits per heavy atom. The Hall–Kier alpha value is -0.530. The summed E-state index contributed by atoms with van der Waals surface area (Å²) in [5.41, 5.74) is 1.09. The van der Waals surface area contributed by atoms with E-state index in [-0.39, 0.29) is 0 Å². The molecule has 0 aliphatic rings. The van der Waals surface area contributed by atoms with Gasteiger partial charge in [0.1, 0.15) is 0 Å². The van der Waals surface area contributed by atoms with E-state index in [9.17, 15) is 0 Å². The van der Waals surface area contributed by atoms with Gasteiger partial charge in [0.15, 0.2) is 0 Å². The molecule has 0 spiro atoms. The number of hydrogen-bond donors (Lipinski definition) is 1. The summed E-state index contributed by atoms with van der Waals surface area (Å²) < 4.78 is 0. The molecule has 0 amide bonds. The van der Waals surface area contributed by atoms with E-state index in [1.54, 1.807) is 0 Å². The standard InChI is InChI=1S/C8H9ClN/c1-10-6-7-3-2-4-8(9)5-7/h2,4-5,10H,6H2,1H3. The van der Waals surface area contributed by atoms with Gasteiger partial charge >= 0.3 is 0 Å². The quantitative estimate of drug-likeness (QED) is 0.686. The van der Waals surface area contributed by atoms with Crippen molar-refractivity contribution in [1.82, 2.24) is 5.32 Å². The fraction of sp³-hybridized carbons (Fsp3) is 0.250.